The molecule has 0 aliphatic rings. The molecule has 0 aliphatic carbocycles. The molecule has 1 aromatic rings. The Labute approximate surface area is 132 Å². The third-order valence-electron chi connectivity index (χ3n) is 4.25. The van der Waals surface area contributed by atoms with Crippen molar-refractivity contribution in [3.05, 3.63) is 15.8 Å². The molecule has 0 N–H and O–H groups in total. The first-order valence-electron chi connectivity index (χ1n) is 7.42. The van der Waals surface area contributed by atoms with Crippen LogP contribution < -0.4 is 4.74 Å². The number of nitrogens with zero attached hydrogens (tertiary/aromatic N) is 3. The highest BCUT2D eigenvalue weighted by Crippen LogP contribution is 2.36. The van der Waals surface area contributed by atoms with Crippen LogP contribution in [0.4, 0.5) is 5.69 Å². The van der Waals surface area contributed by atoms with E-state index in [0.29, 0.717) is 25.3 Å². The van der Waals surface area contributed by atoms with Crippen molar-refractivity contribution in [1.82, 2.24) is 9.78 Å². The van der Waals surface area contributed by atoms with E-state index in [4.69, 9.17) is 9.16 Å². The van der Waals surface area contributed by atoms with Crippen molar-refractivity contribution in [2.24, 2.45) is 7.05 Å². The van der Waals surface area contributed by atoms with E-state index in [2.05, 4.69) is 39.0 Å². The zero-order valence-corrected chi connectivity index (χ0v) is 15.6. The van der Waals surface area contributed by atoms with E-state index < -0.39 is 13.2 Å². The van der Waals surface area contributed by atoms with Crippen LogP contribution in [0.5, 0.6) is 5.88 Å². The Hall–Kier alpha value is -1.41. The first-order chi connectivity index (χ1) is 9.97. The number of hydrogen-bond acceptors (Lipinski definition) is 5. The van der Waals surface area contributed by atoms with Gasteiger partial charge in [0.15, 0.2) is 8.32 Å². The summed E-state index contributed by atoms with van der Waals surface area (Å²) >= 11 is 0. The van der Waals surface area contributed by atoms with Gasteiger partial charge in [0.2, 0.25) is 0 Å². The molecule has 0 saturated heterocycles. The van der Waals surface area contributed by atoms with Gasteiger partial charge in [0.25, 0.3) is 0 Å². The lowest BCUT2D eigenvalue weighted by molar-refractivity contribution is -0.386. The number of rotatable bonds is 7. The SMILES string of the molecule is Cc1c([N+](=O)[O-])c(OCCCO[Si](C)(C)C(C)(C)C)nn1C. The molecule has 126 valence electrons. The minimum absolute atomic E-state index is 0.0622. The Morgan fingerprint density at radius 3 is 2.41 bits per heavy atom. The van der Waals surface area contributed by atoms with Crippen molar-refractivity contribution in [3.8, 4) is 5.88 Å². The van der Waals surface area contributed by atoms with Crippen LogP contribution in [0.2, 0.25) is 18.1 Å². The van der Waals surface area contributed by atoms with E-state index in [-0.39, 0.29) is 16.6 Å². The van der Waals surface area contributed by atoms with Gasteiger partial charge in [-0.05, 0) is 25.1 Å². The largest absolute Gasteiger partial charge is 0.472 e. The molecule has 0 bridgehead atoms. The molecule has 0 atom stereocenters. The summed E-state index contributed by atoms with van der Waals surface area (Å²) in [6.07, 6.45) is 0.680. The molecule has 0 unspecified atom stereocenters. The van der Waals surface area contributed by atoms with E-state index >= 15 is 0 Å². The second-order valence-corrected chi connectivity index (χ2v) is 11.7. The van der Waals surface area contributed by atoms with Crippen molar-refractivity contribution in [2.75, 3.05) is 13.2 Å². The highest BCUT2D eigenvalue weighted by molar-refractivity contribution is 6.74. The topological polar surface area (TPSA) is 79.4 Å². The minimum Gasteiger partial charge on any atom is -0.472 e. The zero-order chi connectivity index (χ0) is 17.1. The molecular formula is C14H27N3O4Si. The van der Waals surface area contributed by atoms with Gasteiger partial charge in [-0.1, -0.05) is 20.8 Å². The fraction of sp³-hybridized carbons (Fsp3) is 0.786. The number of aromatic nitrogens is 2. The zero-order valence-electron chi connectivity index (χ0n) is 14.6. The smallest absolute Gasteiger partial charge is 0.352 e. The number of aryl methyl sites for hydroxylation is 1. The maximum Gasteiger partial charge on any atom is 0.352 e. The summed E-state index contributed by atoms with van der Waals surface area (Å²) in [6.45, 7) is 13.6. The van der Waals surface area contributed by atoms with E-state index in [1.54, 1.807) is 14.0 Å². The average molecular weight is 329 g/mol. The van der Waals surface area contributed by atoms with Crippen LogP contribution in [0.3, 0.4) is 0 Å². The standard InChI is InChI=1S/C14H27N3O4Si/c1-11-12(17(18)19)13(15-16(11)5)20-9-8-10-21-22(6,7)14(2,3)4/h8-10H2,1-7H3. The lowest BCUT2D eigenvalue weighted by atomic mass is 10.2. The molecule has 0 spiro atoms. The second kappa shape index (κ2) is 6.78. The molecule has 1 rings (SSSR count). The monoisotopic (exact) mass is 329 g/mol. The van der Waals surface area contributed by atoms with Gasteiger partial charge in [-0.2, -0.15) is 0 Å². The van der Waals surface area contributed by atoms with Crippen LogP contribution in [0.15, 0.2) is 0 Å². The van der Waals surface area contributed by atoms with Gasteiger partial charge in [-0.15, -0.1) is 5.10 Å². The number of nitro groups is 1. The van der Waals surface area contributed by atoms with Crippen LogP contribution >= 0.6 is 0 Å². The summed E-state index contributed by atoms with van der Waals surface area (Å²) in [6, 6.07) is 0. The minimum atomic E-state index is -1.75. The van der Waals surface area contributed by atoms with Crippen molar-refractivity contribution in [3.63, 3.8) is 0 Å². The fourth-order valence-corrected chi connectivity index (χ4v) is 2.73. The van der Waals surface area contributed by atoms with Crippen molar-refractivity contribution in [2.45, 2.75) is 52.2 Å². The van der Waals surface area contributed by atoms with Gasteiger partial charge in [-0.3, -0.25) is 14.8 Å². The Morgan fingerprint density at radius 2 is 1.91 bits per heavy atom. The van der Waals surface area contributed by atoms with Crippen LogP contribution in [0, 0.1) is 17.0 Å². The van der Waals surface area contributed by atoms with E-state index in [1.165, 1.54) is 4.68 Å². The van der Waals surface area contributed by atoms with Crippen LogP contribution in [0.1, 0.15) is 32.9 Å². The highest BCUT2D eigenvalue weighted by Gasteiger charge is 2.36. The summed E-state index contributed by atoms with van der Waals surface area (Å²) in [5.41, 5.74) is 0.422. The quantitative estimate of drug-likeness (QED) is 0.331. The summed E-state index contributed by atoms with van der Waals surface area (Å²) in [7, 11) is -0.0889. The predicted octanol–water partition coefficient (Wildman–Crippen LogP) is 3.43. The fourth-order valence-electron chi connectivity index (χ4n) is 1.65. The van der Waals surface area contributed by atoms with Gasteiger partial charge in [-0.25, -0.2) is 0 Å². The predicted molar refractivity (Wildman–Crippen MR) is 87.9 cm³/mol. The van der Waals surface area contributed by atoms with Crippen LogP contribution in [0.25, 0.3) is 0 Å². The molecule has 1 aromatic heterocycles. The maximum absolute atomic E-state index is 11.0. The molecule has 0 saturated carbocycles. The number of ether oxygens (including phenoxy) is 1. The number of hydrogen-bond donors (Lipinski definition) is 0. The molecule has 0 aromatic carbocycles. The van der Waals surface area contributed by atoms with Gasteiger partial charge in [0.05, 0.1) is 11.5 Å². The molecule has 22 heavy (non-hydrogen) atoms. The van der Waals surface area contributed by atoms with Gasteiger partial charge >= 0.3 is 11.6 Å². The average Bonchev–Trinajstić information content (AvgIpc) is 2.63. The molecular weight excluding hydrogens is 302 g/mol. The molecule has 0 aliphatic heterocycles. The Balaban J connectivity index is 2.50. The first kappa shape index (κ1) is 18.6. The summed E-state index contributed by atoms with van der Waals surface area (Å²) < 4.78 is 13.0. The third-order valence-corrected chi connectivity index (χ3v) is 8.79. The van der Waals surface area contributed by atoms with Crippen molar-refractivity contribution in [1.29, 1.82) is 0 Å². The van der Waals surface area contributed by atoms with E-state index in [1.807, 2.05) is 0 Å². The van der Waals surface area contributed by atoms with E-state index in [9.17, 15) is 10.1 Å². The molecule has 1 heterocycles. The van der Waals surface area contributed by atoms with Gasteiger partial charge < -0.3 is 9.16 Å². The normalized spacial score (nSPS) is 12.5. The van der Waals surface area contributed by atoms with Crippen molar-refractivity contribution >= 4 is 14.0 Å². The summed E-state index contributed by atoms with van der Waals surface area (Å²) in [4.78, 5) is 10.6. The Bertz CT molecular complexity index is 535. The molecule has 0 fully saturated rings. The van der Waals surface area contributed by atoms with Gasteiger partial charge in [0.1, 0.15) is 5.69 Å². The molecule has 7 nitrogen and oxygen atoms in total. The first-order valence-corrected chi connectivity index (χ1v) is 10.3. The second-order valence-electron chi connectivity index (χ2n) is 6.93. The van der Waals surface area contributed by atoms with Crippen LogP contribution in [-0.2, 0) is 11.5 Å². The van der Waals surface area contributed by atoms with Gasteiger partial charge in [0, 0.05) is 20.1 Å². The summed E-state index contributed by atoms with van der Waals surface area (Å²) in [5, 5.41) is 15.2. The highest BCUT2D eigenvalue weighted by atomic mass is 28.4. The maximum atomic E-state index is 11.0. The molecule has 0 radical (unpaired) electrons. The van der Waals surface area contributed by atoms with Crippen molar-refractivity contribution < 1.29 is 14.1 Å². The summed E-state index contributed by atoms with van der Waals surface area (Å²) in [5.74, 6) is 0.0809. The van der Waals surface area contributed by atoms with E-state index in [0.717, 1.165) is 0 Å². The third kappa shape index (κ3) is 4.29. The Kier molecular flexibility index (Phi) is 5.74. The van der Waals surface area contributed by atoms with Crippen LogP contribution in [-0.4, -0.2) is 36.2 Å². The molecule has 8 heteroatoms. The lowest BCUT2D eigenvalue weighted by Gasteiger charge is -2.36. The lowest BCUT2D eigenvalue weighted by Crippen LogP contribution is -2.41. The Morgan fingerprint density at radius 1 is 1.32 bits per heavy atom. The molecule has 0 amide bonds.